The Hall–Kier alpha value is -2.80. The zero-order chi connectivity index (χ0) is 20.1. The number of hydrogen-bond acceptors (Lipinski definition) is 3. The van der Waals surface area contributed by atoms with Crippen LogP contribution >= 0.6 is 0 Å². The Kier molecular flexibility index (Phi) is 4.41. The highest BCUT2D eigenvalue weighted by Crippen LogP contribution is 2.33. The van der Waals surface area contributed by atoms with Gasteiger partial charge in [0.2, 0.25) is 0 Å². The Morgan fingerprint density at radius 1 is 1.00 bits per heavy atom. The van der Waals surface area contributed by atoms with Gasteiger partial charge in [0.05, 0.1) is 5.69 Å². The lowest BCUT2D eigenvalue weighted by Crippen LogP contribution is -2.31. The van der Waals surface area contributed by atoms with Gasteiger partial charge in [-0.05, 0) is 12.1 Å². The van der Waals surface area contributed by atoms with Gasteiger partial charge in [0.15, 0.2) is 5.69 Å². The summed E-state index contributed by atoms with van der Waals surface area (Å²) >= 11 is 0. The number of aromatic nitrogens is 3. The molecule has 0 saturated heterocycles. The number of Topliss-reactive ketones (excluding diaryl/α,β-unsaturated/α-hetero) is 1. The molecule has 0 radical (unpaired) electrons. The largest absolute Gasteiger partial charge is 0.455 e. The number of alkyl halides is 9. The monoisotopic (exact) mass is 393 g/mol. The predicted octanol–water partition coefficient (Wildman–Crippen LogP) is 3.34. The molecule has 14 heteroatoms. The van der Waals surface area contributed by atoms with Gasteiger partial charge >= 0.3 is 18.5 Å². The number of carbonyl (C=O) groups is 1. The van der Waals surface area contributed by atoms with E-state index < -0.39 is 52.5 Å². The van der Waals surface area contributed by atoms with Crippen molar-refractivity contribution in [1.29, 1.82) is 0 Å². The minimum absolute atomic E-state index is 0.125. The number of ketones is 1. The van der Waals surface area contributed by atoms with Gasteiger partial charge in [-0.15, -0.1) is 0 Å². The summed E-state index contributed by atoms with van der Waals surface area (Å²) in [5, 5.41) is 1.20. The molecular weight excluding hydrogens is 389 g/mol. The summed E-state index contributed by atoms with van der Waals surface area (Å²) in [6.07, 6.45) is -16.0. The molecule has 0 aliphatic heterocycles. The first kappa shape index (κ1) is 19.5. The molecule has 2 aromatic rings. The van der Waals surface area contributed by atoms with E-state index in [0.717, 1.165) is 0 Å². The van der Waals surface area contributed by atoms with Gasteiger partial charge < -0.3 is 0 Å². The van der Waals surface area contributed by atoms with Crippen LogP contribution in [0.5, 0.6) is 0 Å². The molecule has 2 rings (SSSR count). The first-order chi connectivity index (χ1) is 11.6. The molecule has 0 amide bonds. The van der Waals surface area contributed by atoms with Gasteiger partial charge in [0.1, 0.15) is 11.3 Å². The Labute approximate surface area is 136 Å². The molecule has 0 aliphatic rings. The first-order valence-corrected chi connectivity index (χ1v) is 6.21. The van der Waals surface area contributed by atoms with E-state index in [0.29, 0.717) is 12.3 Å². The summed E-state index contributed by atoms with van der Waals surface area (Å²) in [6.45, 7) is 0. The fourth-order valence-corrected chi connectivity index (χ4v) is 1.89. The van der Waals surface area contributed by atoms with E-state index in [2.05, 4.69) is 4.98 Å². The van der Waals surface area contributed by atoms with Crippen LogP contribution < -0.4 is 5.56 Å². The van der Waals surface area contributed by atoms with Gasteiger partial charge in [0, 0.05) is 6.20 Å². The second-order valence-electron chi connectivity index (χ2n) is 4.72. The predicted molar refractivity (Wildman–Crippen MR) is 64.6 cm³/mol. The summed E-state index contributed by atoms with van der Waals surface area (Å²) in [5.41, 5.74) is -9.25. The number of nitrogens with zero attached hydrogens (tertiary/aromatic N) is 2. The number of rotatable bonds is 2. The molecule has 2 heterocycles. The molecule has 0 spiro atoms. The van der Waals surface area contributed by atoms with E-state index in [1.807, 2.05) is 0 Å². The van der Waals surface area contributed by atoms with Crippen molar-refractivity contribution in [3.8, 4) is 5.69 Å². The minimum atomic E-state index is -5.81. The normalized spacial score (nSPS) is 13.1. The van der Waals surface area contributed by atoms with Crippen LogP contribution in [0.3, 0.4) is 0 Å². The number of aromatic amines is 1. The van der Waals surface area contributed by atoms with Crippen LogP contribution in [-0.4, -0.2) is 26.7 Å². The van der Waals surface area contributed by atoms with E-state index in [4.69, 9.17) is 0 Å². The zero-order valence-corrected chi connectivity index (χ0v) is 11.8. The molecule has 0 aromatic carbocycles. The molecule has 26 heavy (non-hydrogen) atoms. The Balaban J connectivity index is 2.76. The molecule has 0 atom stereocenters. The fraction of sp³-hybridized carbons (Fsp3) is 0.250. The van der Waals surface area contributed by atoms with Crippen molar-refractivity contribution in [3.63, 3.8) is 0 Å². The van der Waals surface area contributed by atoms with E-state index in [1.165, 1.54) is 5.10 Å². The van der Waals surface area contributed by atoms with Crippen LogP contribution in [0.2, 0.25) is 0 Å². The quantitative estimate of drug-likeness (QED) is 0.629. The molecule has 0 fully saturated rings. The van der Waals surface area contributed by atoms with Crippen LogP contribution in [0.25, 0.3) is 5.69 Å². The van der Waals surface area contributed by atoms with Gasteiger partial charge in [-0.25, -0.2) is 4.68 Å². The second kappa shape index (κ2) is 5.88. The third-order valence-electron chi connectivity index (χ3n) is 2.95. The van der Waals surface area contributed by atoms with Crippen molar-refractivity contribution < 1.29 is 44.3 Å². The highest BCUT2D eigenvalue weighted by molar-refractivity contribution is 6.01. The van der Waals surface area contributed by atoms with Gasteiger partial charge in [-0.1, -0.05) is 0 Å². The summed E-state index contributed by atoms with van der Waals surface area (Å²) in [4.78, 5) is 26.0. The van der Waals surface area contributed by atoms with E-state index in [-0.39, 0.29) is 10.7 Å². The van der Waals surface area contributed by atoms with Crippen molar-refractivity contribution >= 4 is 5.78 Å². The molecule has 0 unspecified atom stereocenters. The summed E-state index contributed by atoms with van der Waals surface area (Å²) in [6, 6.07) is 0.759. The lowest BCUT2D eigenvalue weighted by Gasteiger charge is -2.08. The van der Waals surface area contributed by atoms with Crippen LogP contribution in [-0.2, 0) is 12.4 Å². The van der Waals surface area contributed by atoms with Gasteiger partial charge in [-0.3, -0.25) is 19.7 Å². The van der Waals surface area contributed by atoms with E-state index in [9.17, 15) is 49.1 Å². The fourth-order valence-electron chi connectivity index (χ4n) is 1.89. The maximum absolute atomic E-state index is 12.9. The smallest absolute Gasteiger partial charge is 0.286 e. The maximum atomic E-state index is 12.9. The highest BCUT2D eigenvalue weighted by Gasteiger charge is 2.48. The van der Waals surface area contributed by atoms with Crippen molar-refractivity contribution in [1.82, 2.24) is 14.8 Å². The number of halogens is 9. The molecular formula is C12H4F9N3O2. The lowest BCUT2D eigenvalue weighted by atomic mass is 10.1. The van der Waals surface area contributed by atoms with Crippen LogP contribution in [0.4, 0.5) is 39.5 Å². The maximum Gasteiger partial charge on any atom is 0.455 e. The van der Waals surface area contributed by atoms with Gasteiger partial charge in [0.25, 0.3) is 11.3 Å². The lowest BCUT2D eigenvalue weighted by molar-refractivity contribution is -0.142. The number of pyridine rings is 1. The van der Waals surface area contributed by atoms with Crippen LogP contribution in [0, 0.1) is 0 Å². The Morgan fingerprint density at radius 2 is 1.58 bits per heavy atom. The van der Waals surface area contributed by atoms with Crippen molar-refractivity contribution in [2.45, 2.75) is 18.5 Å². The third-order valence-corrected chi connectivity index (χ3v) is 2.95. The summed E-state index contributed by atoms with van der Waals surface area (Å²) in [7, 11) is 0. The third kappa shape index (κ3) is 3.57. The van der Waals surface area contributed by atoms with Crippen LogP contribution in [0.1, 0.15) is 21.7 Å². The molecule has 142 valence electrons. The number of H-pyrrole nitrogens is 1. The Bertz CT molecular complexity index is 902. The van der Waals surface area contributed by atoms with Gasteiger partial charge in [-0.2, -0.15) is 39.5 Å². The topological polar surface area (TPSA) is 67.8 Å². The van der Waals surface area contributed by atoms with Crippen molar-refractivity contribution in [2.24, 2.45) is 0 Å². The molecule has 0 saturated carbocycles. The molecule has 1 N–H and O–H groups in total. The SMILES string of the molecule is O=C(c1c(C(F)(F)F)[nH]n(-c2ccnc(C(F)(F)F)c2)c1=O)C(F)(F)F. The second-order valence-corrected chi connectivity index (χ2v) is 4.72. The molecule has 2 aromatic heterocycles. The number of nitrogens with one attached hydrogen (secondary N) is 1. The Morgan fingerprint density at radius 3 is 2.04 bits per heavy atom. The van der Waals surface area contributed by atoms with E-state index >= 15 is 0 Å². The van der Waals surface area contributed by atoms with Crippen LogP contribution in [0.15, 0.2) is 23.1 Å². The molecule has 5 nitrogen and oxygen atoms in total. The average molecular weight is 393 g/mol. The zero-order valence-electron chi connectivity index (χ0n) is 11.8. The highest BCUT2D eigenvalue weighted by atomic mass is 19.4. The molecule has 0 bridgehead atoms. The summed E-state index contributed by atoms with van der Waals surface area (Å²) < 4.78 is 114. The number of hydrogen-bond donors (Lipinski definition) is 1. The average Bonchev–Trinajstić information content (AvgIpc) is 2.82. The minimum Gasteiger partial charge on any atom is -0.286 e. The molecule has 0 aliphatic carbocycles. The standard InChI is InChI=1S/C12H4F9N3O2/c13-10(14,15)5-3-4(1-2-22-5)24-9(26)6(8(25)12(19,20)21)7(23-24)11(16,17)18/h1-3,23H. The van der Waals surface area contributed by atoms with E-state index in [1.54, 1.807) is 0 Å². The number of carbonyl (C=O) groups excluding carboxylic acids is 1. The first-order valence-electron chi connectivity index (χ1n) is 6.21. The van der Waals surface area contributed by atoms with Crippen molar-refractivity contribution in [2.75, 3.05) is 0 Å². The summed E-state index contributed by atoms with van der Waals surface area (Å²) in [5.74, 6) is -3.09. The van der Waals surface area contributed by atoms with Crippen molar-refractivity contribution in [3.05, 3.63) is 45.6 Å².